The molecule has 0 aliphatic carbocycles. The fourth-order valence-corrected chi connectivity index (χ4v) is 3.16. The van der Waals surface area contributed by atoms with Gasteiger partial charge in [0.1, 0.15) is 23.1 Å². The van der Waals surface area contributed by atoms with Crippen LogP contribution in [0, 0.1) is 11.6 Å². The summed E-state index contributed by atoms with van der Waals surface area (Å²) in [5.41, 5.74) is 1.79. The van der Waals surface area contributed by atoms with Crippen molar-refractivity contribution in [3.8, 4) is 22.9 Å². The normalized spacial score (nSPS) is 10.8. The summed E-state index contributed by atoms with van der Waals surface area (Å²) >= 11 is 0. The molecule has 9 heteroatoms. The van der Waals surface area contributed by atoms with Crippen LogP contribution in [0.4, 0.5) is 8.78 Å². The van der Waals surface area contributed by atoms with E-state index in [0.717, 1.165) is 11.6 Å². The summed E-state index contributed by atoms with van der Waals surface area (Å²) in [4.78, 5) is 12.6. The number of hydrogen-bond donors (Lipinski definition) is 1. The van der Waals surface area contributed by atoms with Crippen molar-refractivity contribution < 1.29 is 23.0 Å². The maximum atomic E-state index is 13.5. The van der Waals surface area contributed by atoms with Gasteiger partial charge in [0, 0.05) is 36.0 Å². The molecule has 4 rings (SSSR count). The zero-order chi connectivity index (χ0) is 22.0. The Morgan fingerprint density at radius 2 is 1.65 bits per heavy atom. The van der Waals surface area contributed by atoms with Gasteiger partial charge >= 0.3 is 0 Å². The summed E-state index contributed by atoms with van der Waals surface area (Å²) < 4.78 is 39.1. The molecule has 158 valence electrons. The van der Waals surface area contributed by atoms with E-state index in [1.807, 2.05) is 0 Å². The Labute approximate surface area is 176 Å². The molecule has 2 aromatic carbocycles. The van der Waals surface area contributed by atoms with Crippen molar-refractivity contribution in [1.29, 1.82) is 0 Å². The first kappa shape index (κ1) is 20.3. The van der Waals surface area contributed by atoms with E-state index >= 15 is 0 Å². The van der Waals surface area contributed by atoms with Crippen molar-refractivity contribution in [2.75, 3.05) is 14.2 Å². The maximum Gasteiger partial charge on any atom is 0.251 e. The number of rotatable bonds is 6. The number of nitrogens with one attached hydrogen (secondary N) is 1. The highest BCUT2D eigenvalue weighted by Gasteiger charge is 2.13. The molecule has 0 aliphatic heterocycles. The topological polar surface area (TPSA) is 77.8 Å². The van der Waals surface area contributed by atoms with Gasteiger partial charge in [-0.3, -0.25) is 9.20 Å². The third kappa shape index (κ3) is 4.30. The van der Waals surface area contributed by atoms with Crippen LogP contribution in [0.15, 0.2) is 54.7 Å². The van der Waals surface area contributed by atoms with E-state index in [9.17, 15) is 13.6 Å². The van der Waals surface area contributed by atoms with Crippen LogP contribution in [0.25, 0.3) is 17.0 Å². The molecule has 0 saturated heterocycles. The highest BCUT2D eigenvalue weighted by Crippen LogP contribution is 2.23. The second-order valence-electron chi connectivity index (χ2n) is 6.73. The molecule has 0 aliphatic rings. The Morgan fingerprint density at radius 1 is 0.968 bits per heavy atom. The lowest BCUT2D eigenvalue weighted by Gasteiger charge is -2.10. The Hall–Kier alpha value is -4.01. The first-order valence-electron chi connectivity index (χ1n) is 9.28. The van der Waals surface area contributed by atoms with Gasteiger partial charge in [0.2, 0.25) is 0 Å². The molecule has 1 amide bonds. The summed E-state index contributed by atoms with van der Waals surface area (Å²) in [6, 6.07) is 11.6. The van der Waals surface area contributed by atoms with Crippen LogP contribution in [0.1, 0.15) is 15.9 Å². The van der Waals surface area contributed by atoms with Crippen LogP contribution < -0.4 is 14.8 Å². The molecule has 4 aromatic rings. The molecule has 0 radical (unpaired) electrons. The Balaban J connectivity index is 1.54. The van der Waals surface area contributed by atoms with Crippen LogP contribution in [0.2, 0.25) is 0 Å². The van der Waals surface area contributed by atoms with E-state index in [1.54, 1.807) is 55.1 Å². The molecule has 0 spiro atoms. The van der Waals surface area contributed by atoms with E-state index in [1.165, 1.54) is 12.1 Å². The van der Waals surface area contributed by atoms with Gasteiger partial charge in [0.25, 0.3) is 5.91 Å². The van der Waals surface area contributed by atoms with Gasteiger partial charge in [0.15, 0.2) is 11.5 Å². The number of benzene rings is 2. The predicted octanol–water partition coefficient (Wildman–Crippen LogP) is 3.62. The molecule has 0 unspecified atom stereocenters. The molecule has 7 nitrogen and oxygen atoms in total. The van der Waals surface area contributed by atoms with Gasteiger partial charge in [-0.1, -0.05) is 0 Å². The largest absolute Gasteiger partial charge is 0.497 e. The second kappa shape index (κ2) is 8.39. The van der Waals surface area contributed by atoms with Crippen molar-refractivity contribution in [3.63, 3.8) is 0 Å². The summed E-state index contributed by atoms with van der Waals surface area (Å²) in [6.07, 6.45) is 1.58. The lowest BCUT2D eigenvalue weighted by molar-refractivity contribution is 0.0950. The monoisotopic (exact) mass is 424 g/mol. The number of aromatic nitrogens is 3. The standard InChI is InChI=1S/C22H18F2N4O3/c1-30-18-5-13(6-19(11-18)31-2)12-25-22(29)14-3-4-28-20(9-14)26-27-21(28)15-7-16(23)10-17(24)8-15/h3-11H,12H2,1-2H3,(H,25,29). The van der Waals surface area contributed by atoms with Gasteiger partial charge in [-0.2, -0.15) is 0 Å². The fraction of sp³-hybridized carbons (Fsp3) is 0.136. The van der Waals surface area contributed by atoms with Crippen LogP contribution >= 0.6 is 0 Å². The quantitative estimate of drug-likeness (QED) is 0.512. The summed E-state index contributed by atoms with van der Waals surface area (Å²) in [5, 5.41) is 10.8. The average Bonchev–Trinajstić information content (AvgIpc) is 3.19. The lowest BCUT2D eigenvalue weighted by atomic mass is 10.2. The zero-order valence-corrected chi connectivity index (χ0v) is 16.7. The molecule has 0 saturated carbocycles. The number of amides is 1. The molecule has 0 atom stereocenters. The van der Waals surface area contributed by atoms with Crippen molar-refractivity contribution in [2.24, 2.45) is 0 Å². The maximum absolute atomic E-state index is 13.5. The second-order valence-corrected chi connectivity index (χ2v) is 6.73. The molecule has 1 N–H and O–H groups in total. The molecule has 2 aromatic heterocycles. The fourth-order valence-electron chi connectivity index (χ4n) is 3.16. The molecule has 31 heavy (non-hydrogen) atoms. The number of fused-ring (bicyclic) bond motifs is 1. The van der Waals surface area contributed by atoms with E-state index in [2.05, 4.69) is 15.5 Å². The van der Waals surface area contributed by atoms with Crippen LogP contribution in [-0.2, 0) is 6.54 Å². The smallest absolute Gasteiger partial charge is 0.251 e. The Bertz CT molecular complexity index is 1230. The molecule has 2 heterocycles. The van der Waals surface area contributed by atoms with Crippen LogP contribution in [0.5, 0.6) is 11.5 Å². The first-order valence-corrected chi connectivity index (χ1v) is 9.28. The SMILES string of the molecule is COc1cc(CNC(=O)c2ccn3c(-c4cc(F)cc(F)c4)nnc3c2)cc(OC)c1. The predicted molar refractivity (Wildman–Crippen MR) is 109 cm³/mol. The minimum Gasteiger partial charge on any atom is -0.497 e. The third-order valence-corrected chi connectivity index (χ3v) is 4.66. The summed E-state index contributed by atoms with van der Waals surface area (Å²) in [6.45, 7) is 0.262. The lowest BCUT2D eigenvalue weighted by Crippen LogP contribution is -2.23. The van der Waals surface area contributed by atoms with Gasteiger partial charge in [0.05, 0.1) is 14.2 Å². The van der Waals surface area contributed by atoms with Crippen LogP contribution in [0.3, 0.4) is 0 Å². The minimum absolute atomic E-state index is 0.245. The number of pyridine rings is 1. The number of carbonyl (C=O) groups is 1. The van der Waals surface area contributed by atoms with Crippen LogP contribution in [-0.4, -0.2) is 34.7 Å². The van der Waals surface area contributed by atoms with E-state index in [-0.39, 0.29) is 23.8 Å². The Morgan fingerprint density at radius 3 is 2.29 bits per heavy atom. The highest BCUT2D eigenvalue weighted by atomic mass is 19.1. The number of halogens is 2. The van der Waals surface area contributed by atoms with E-state index in [0.29, 0.717) is 22.7 Å². The van der Waals surface area contributed by atoms with Crippen molar-refractivity contribution >= 4 is 11.6 Å². The van der Waals surface area contributed by atoms with Gasteiger partial charge in [-0.05, 0) is 42.0 Å². The zero-order valence-electron chi connectivity index (χ0n) is 16.7. The molecule has 0 bridgehead atoms. The average molecular weight is 424 g/mol. The molecular formula is C22H18F2N4O3. The van der Waals surface area contributed by atoms with Crippen molar-refractivity contribution in [3.05, 3.63) is 77.5 Å². The molecular weight excluding hydrogens is 406 g/mol. The number of methoxy groups -OCH3 is 2. The third-order valence-electron chi connectivity index (χ3n) is 4.66. The number of ether oxygens (including phenoxy) is 2. The van der Waals surface area contributed by atoms with Gasteiger partial charge in [-0.25, -0.2) is 8.78 Å². The van der Waals surface area contributed by atoms with Crippen molar-refractivity contribution in [2.45, 2.75) is 6.54 Å². The number of hydrogen-bond acceptors (Lipinski definition) is 5. The Kier molecular flexibility index (Phi) is 5.48. The summed E-state index contributed by atoms with van der Waals surface area (Å²) in [5.74, 6) is -0.229. The number of nitrogens with zero attached hydrogens (tertiary/aromatic N) is 3. The highest BCUT2D eigenvalue weighted by molar-refractivity contribution is 5.95. The minimum atomic E-state index is -0.711. The first-order chi connectivity index (χ1) is 15.0. The van der Waals surface area contributed by atoms with Gasteiger partial charge < -0.3 is 14.8 Å². The summed E-state index contributed by atoms with van der Waals surface area (Å²) in [7, 11) is 3.11. The van der Waals surface area contributed by atoms with E-state index < -0.39 is 11.6 Å². The molecule has 0 fully saturated rings. The van der Waals surface area contributed by atoms with Gasteiger partial charge in [-0.15, -0.1) is 10.2 Å². The van der Waals surface area contributed by atoms with E-state index in [4.69, 9.17) is 9.47 Å². The number of carbonyl (C=O) groups excluding carboxylic acids is 1. The van der Waals surface area contributed by atoms with Crippen molar-refractivity contribution in [1.82, 2.24) is 19.9 Å².